The van der Waals surface area contributed by atoms with E-state index in [1.807, 2.05) is 60.7 Å². The molecular weight excluding hydrogens is 330 g/mol. The lowest BCUT2D eigenvalue weighted by Gasteiger charge is -2.23. The molecule has 2 aliphatic rings. The Hall–Kier alpha value is -2.53. The maximum Gasteiger partial charge on any atom is 0.410 e. The number of hydrogen-bond donors (Lipinski definition) is 1. The second-order valence-corrected chi connectivity index (χ2v) is 7.21. The van der Waals surface area contributed by atoms with Gasteiger partial charge >= 0.3 is 6.09 Å². The van der Waals surface area contributed by atoms with Gasteiger partial charge in [0.15, 0.2) is 0 Å². The minimum absolute atomic E-state index is 0.0186. The molecule has 2 fully saturated rings. The molecule has 1 saturated heterocycles. The number of aliphatic hydroxyl groups is 1. The maximum absolute atomic E-state index is 12.3. The van der Waals surface area contributed by atoms with Crippen molar-refractivity contribution in [1.29, 1.82) is 0 Å². The molecule has 4 rings (SSSR count). The molecule has 0 radical (unpaired) electrons. The first-order valence-electron chi connectivity index (χ1n) is 9.02. The number of rotatable bonds is 4. The largest absolute Gasteiger partial charge is 0.490 e. The van der Waals surface area contributed by atoms with Crippen LogP contribution in [0.4, 0.5) is 4.79 Å². The van der Waals surface area contributed by atoms with Crippen LogP contribution in [0.5, 0.6) is 5.75 Å². The van der Waals surface area contributed by atoms with E-state index in [-0.39, 0.29) is 24.7 Å². The third-order valence-electron chi connectivity index (χ3n) is 5.30. The number of carbonyl (C=O) groups is 1. The summed E-state index contributed by atoms with van der Waals surface area (Å²) in [5.74, 6) is 0.848. The highest BCUT2D eigenvalue weighted by atomic mass is 16.6. The van der Waals surface area contributed by atoms with E-state index in [1.54, 1.807) is 4.90 Å². The van der Waals surface area contributed by atoms with Crippen molar-refractivity contribution < 1.29 is 19.4 Å². The molecule has 0 spiro atoms. The third kappa shape index (κ3) is 3.53. The highest BCUT2D eigenvalue weighted by molar-refractivity contribution is 5.68. The molecule has 5 heteroatoms. The monoisotopic (exact) mass is 353 g/mol. The summed E-state index contributed by atoms with van der Waals surface area (Å²) in [6.07, 6.45) is 0.898. The summed E-state index contributed by atoms with van der Waals surface area (Å²) in [5.41, 5.74) is 0.0702. The molecular formula is C21H23NO4. The Kier molecular flexibility index (Phi) is 4.55. The predicted molar refractivity (Wildman–Crippen MR) is 96.7 cm³/mol. The van der Waals surface area contributed by atoms with Crippen LogP contribution in [0.2, 0.25) is 0 Å². The van der Waals surface area contributed by atoms with Gasteiger partial charge in [0.25, 0.3) is 0 Å². The topological polar surface area (TPSA) is 59.0 Å². The van der Waals surface area contributed by atoms with E-state index in [0.717, 1.165) is 17.7 Å². The molecule has 2 aromatic rings. The van der Waals surface area contributed by atoms with Crippen molar-refractivity contribution in [3.63, 3.8) is 0 Å². The Morgan fingerprint density at radius 1 is 1.12 bits per heavy atom. The minimum atomic E-state index is -0.884. The van der Waals surface area contributed by atoms with Crippen molar-refractivity contribution in [2.24, 2.45) is 5.92 Å². The highest BCUT2D eigenvalue weighted by Crippen LogP contribution is 2.43. The first-order chi connectivity index (χ1) is 12.6. The number of para-hydroxylation sites is 1. The van der Waals surface area contributed by atoms with Crippen molar-refractivity contribution in [3.05, 3.63) is 66.2 Å². The minimum Gasteiger partial charge on any atom is -0.490 e. The first kappa shape index (κ1) is 16.9. The predicted octanol–water partition coefficient (Wildman–Crippen LogP) is 3.23. The average Bonchev–Trinajstić information content (AvgIpc) is 3.12. The van der Waals surface area contributed by atoms with Crippen LogP contribution in [0.1, 0.15) is 18.4 Å². The first-order valence-corrected chi connectivity index (χ1v) is 9.02. The lowest BCUT2D eigenvalue weighted by atomic mass is 9.95. The third-order valence-corrected chi connectivity index (χ3v) is 5.30. The van der Waals surface area contributed by atoms with E-state index in [9.17, 15) is 9.90 Å². The molecule has 5 nitrogen and oxygen atoms in total. The molecule has 1 aliphatic heterocycles. The molecule has 3 atom stereocenters. The Morgan fingerprint density at radius 2 is 1.81 bits per heavy atom. The van der Waals surface area contributed by atoms with Crippen molar-refractivity contribution in [2.75, 3.05) is 13.1 Å². The van der Waals surface area contributed by atoms with Gasteiger partial charge in [-0.3, -0.25) is 0 Å². The van der Waals surface area contributed by atoms with Gasteiger partial charge in [0.2, 0.25) is 0 Å². The molecule has 1 heterocycles. The van der Waals surface area contributed by atoms with Gasteiger partial charge < -0.3 is 19.5 Å². The molecule has 1 aliphatic carbocycles. The van der Waals surface area contributed by atoms with Gasteiger partial charge in [0.1, 0.15) is 18.5 Å². The van der Waals surface area contributed by atoms with Gasteiger partial charge in [-0.1, -0.05) is 48.5 Å². The number of β-amino-alcohol motifs (C(OH)–C–C–N with tert-alkyl or cyclic N) is 1. The van der Waals surface area contributed by atoms with E-state index in [0.29, 0.717) is 19.5 Å². The second-order valence-electron chi connectivity index (χ2n) is 7.21. The maximum atomic E-state index is 12.3. The zero-order valence-corrected chi connectivity index (χ0v) is 14.6. The average molecular weight is 353 g/mol. The van der Waals surface area contributed by atoms with Crippen LogP contribution < -0.4 is 4.74 Å². The molecule has 26 heavy (non-hydrogen) atoms. The summed E-state index contributed by atoms with van der Waals surface area (Å²) in [6, 6.07) is 19.3. The number of amides is 1. The Balaban J connectivity index is 1.31. The van der Waals surface area contributed by atoms with Crippen LogP contribution in [0.15, 0.2) is 60.7 Å². The van der Waals surface area contributed by atoms with Gasteiger partial charge in [-0.15, -0.1) is 0 Å². The summed E-state index contributed by atoms with van der Waals surface area (Å²) in [7, 11) is 0. The van der Waals surface area contributed by atoms with Gasteiger partial charge in [-0.2, -0.15) is 0 Å². The second kappa shape index (κ2) is 7.00. The molecule has 0 bridgehead atoms. The lowest BCUT2D eigenvalue weighted by molar-refractivity contribution is 0.0199. The normalized spacial score (nSPS) is 27.2. The van der Waals surface area contributed by atoms with Crippen LogP contribution >= 0.6 is 0 Å². The highest BCUT2D eigenvalue weighted by Gasteiger charge is 2.54. The Bertz CT molecular complexity index is 751. The Labute approximate surface area is 153 Å². The molecule has 136 valence electrons. The summed E-state index contributed by atoms with van der Waals surface area (Å²) < 4.78 is 11.4. The van der Waals surface area contributed by atoms with Gasteiger partial charge in [-0.05, 0) is 24.1 Å². The molecule has 0 unspecified atom stereocenters. The molecule has 0 aromatic heterocycles. The molecule has 1 amide bonds. The fraction of sp³-hybridized carbons (Fsp3) is 0.381. The number of likely N-dealkylation sites (tertiary alicyclic amines) is 1. The van der Waals surface area contributed by atoms with Gasteiger partial charge in [-0.25, -0.2) is 4.79 Å². The van der Waals surface area contributed by atoms with Crippen molar-refractivity contribution in [2.45, 2.75) is 31.2 Å². The summed E-state index contributed by atoms with van der Waals surface area (Å²) in [6.45, 7) is 1.07. The van der Waals surface area contributed by atoms with E-state index in [1.165, 1.54) is 0 Å². The zero-order chi connectivity index (χ0) is 18.0. The summed E-state index contributed by atoms with van der Waals surface area (Å²) in [4.78, 5) is 13.9. The van der Waals surface area contributed by atoms with Crippen molar-refractivity contribution in [1.82, 2.24) is 4.90 Å². The van der Waals surface area contributed by atoms with Crippen LogP contribution in [0.3, 0.4) is 0 Å². The Morgan fingerprint density at radius 3 is 2.50 bits per heavy atom. The fourth-order valence-electron chi connectivity index (χ4n) is 4.01. The van der Waals surface area contributed by atoms with E-state index < -0.39 is 5.60 Å². The lowest BCUT2D eigenvalue weighted by Crippen LogP contribution is -2.37. The number of carbonyl (C=O) groups excluding carboxylic acids is 1. The van der Waals surface area contributed by atoms with E-state index in [4.69, 9.17) is 9.47 Å². The van der Waals surface area contributed by atoms with Crippen molar-refractivity contribution in [3.8, 4) is 5.75 Å². The number of nitrogens with zero attached hydrogens (tertiary/aromatic N) is 1. The smallest absolute Gasteiger partial charge is 0.410 e. The molecule has 1 N–H and O–H groups in total. The van der Waals surface area contributed by atoms with Crippen LogP contribution in [-0.4, -0.2) is 40.9 Å². The van der Waals surface area contributed by atoms with Crippen molar-refractivity contribution >= 4 is 6.09 Å². The van der Waals surface area contributed by atoms with Gasteiger partial charge in [0, 0.05) is 18.9 Å². The van der Waals surface area contributed by atoms with E-state index >= 15 is 0 Å². The standard InChI is InChI=1S/C21H23NO4/c23-20(25-14-16-7-3-1-4-8-16)22-13-17-11-19(12-21(17,24)15-22)26-18-9-5-2-6-10-18/h1-10,17,19,24H,11-15H2/t17-,19+,21-/m1/s1. The number of benzene rings is 2. The van der Waals surface area contributed by atoms with E-state index in [2.05, 4.69) is 0 Å². The van der Waals surface area contributed by atoms with Crippen LogP contribution in [0, 0.1) is 5.92 Å². The molecule has 2 aromatic carbocycles. The van der Waals surface area contributed by atoms with Crippen LogP contribution in [0.25, 0.3) is 0 Å². The summed E-state index contributed by atoms with van der Waals surface area (Å²) >= 11 is 0. The molecule has 1 saturated carbocycles. The number of hydrogen-bond acceptors (Lipinski definition) is 4. The zero-order valence-electron chi connectivity index (χ0n) is 14.6. The SMILES string of the molecule is O=C(OCc1ccccc1)N1C[C@H]2C[C@H](Oc3ccccc3)C[C@@]2(O)C1. The quantitative estimate of drug-likeness (QED) is 0.917. The van der Waals surface area contributed by atoms with Gasteiger partial charge in [0.05, 0.1) is 12.1 Å². The summed E-state index contributed by atoms with van der Waals surface area (Å²) in [5, 5.41) is 11.0. The number of fused-ring (bicyclic) bond motifs is 1. The van der Waals surface area contributed by atoms with Crippen LogP contribution in [-0.2, 0) is 11.3 Å². The number of ether oxygens (including phenoxy) is 2. The fourth-order valence-corrected chi connectivity index (χ4v) is 4.01.